The number of hydrogen-bond acceptors (Lipinski definition) is 8. The number of nitrogens with two attached hydrogens (primary N) is 1. The zero-order valence-corrected chi connectivity index (χ0v) is 13.5. The molecule has 8 nitrogen and oxygen atoms in total. The summed E-state index contributed by atoms with van der Waals surface area (Å²) in [4.78, 5) is 0. The smallest absolute Gasteiger partial charge is 0.0701 e. The lowest BCUT2D eigenvalue weighted by atomic mass is 10.6. The molecule has 0 saturated heterocycles. The molecule has 22 heavy (non-hydrogen) atoms. The quantitative estimate of drug-likeness (QED) is 0.250. The third-order valence-electron chi connectivity index (χ3n) is 2.47. The average Bonchev–Trinajstić information content (AvgIpc) is 2.54. The van der Waals surface area contributed by atoms with Crippen molar-refractivity contribution in [2.24, 2.45) is 5.73 Å². The Balaban J connectivity index is 2.91. The van der Waals surface area contributed by atoms with E-state index in [1.807, 2.05) is 0 Å². The summed E-state index contributed by atoms with van der Waals surface area (Å²) in [5, 5.41) is 11.6. The van der Waals surface area contributed by atoms with Gasteiger partial charge in [0.05, 0.1) is 72.7 Å². The first-order chi connectivity index (χ1) is 10.9. The van der Waals surface area contributed by atoms with E-state index in [1.54, 1.807) is 0 Å². The minimum absolute atomic E-state index is 0.0410. The molecule has 0 fully saturated rings. The van der Waals surface area contributed by atoms with Crippen molar-refractivity contribution in [3.05, 3.63) is 0 Å². The summed E-state index contributed by atoms with van der Waals surface area (Å²) >= 11 is 0. The Morgan fingerprint density at radius 2 is 1.00 bits per heavy atom. The number of aliphatic hydroxyl groups excluding tert-OH is 1. The van der Waals surface area contributed by atoms with Gasteiger partial charge in [0, 0.05) is 19.6 Å². The fourth-order valence-corrected chi connectivity index (χ4v) is 1.42. The van der Waals surface area contributed by atoms with Gasteiger partial charge >= 0.3 is 0 Å². The van der Waals surface area contributed by atoms with Crippen molar-refractivity contribution >= 4 is 0 Å². The molecule has 0 aliphatic carbocycles. The molecule has 0 aliphatic heterocycles. The van der Waals surface area contributed by atoms with Gasteiger partial charge in [-0.05, 0) is 0 Å². The van der Waals surface area contributed by atoms with E-state index >= 15 is 0 Å². The highest BCUT2D eigenvalue weighted by atomic mass is 16.6. The Hall–Kier alpha value is -0.320. The highest BCUT2D eigenvalue weighted by Crippen LogP contribution is 1.83. The number of hydrogen-bond donors (Lipinski definition) is 3. The molecule has 0 rings (SSSR count). The Kier molecular flexibility index (Phi) is 20.4. The zero-order valence-electron chi connectivity index (χ0n) is 13.5. The molecule has 134 valence electrons. The normalized spacial score (nSPS) is 11.2. The van der Waals surface area contributed by atoms with Crippen LogP contribution in [0.2, 0.25) is 0 Å². The van der Waals surface area contributed by atoms with Crippen LogP contribution >= 0.6 is 0 Å². The lowest BCUT2D eigenvalue weighted by molar-refractivity contribution is -0.0130. The van der Waals surface area contributed by atoms with E-state index in [9.17, 15) is 0 Å². The van der Waals surface area contributed by atoms with Crippen LogP contribution in [0.3, 0.4) is 0 Å². The van der Waals surface area contributed by atoms with E-state index in [-0.39, 0.29) is 6.61 Å². The molecule has 0 heterocycles. The van der Waals surface area contributed by atoms with Crippen molar-refractivity contribution in [1.82, 2.24) is 5.32 Å². The maximum atomic E-state index is 8.49. The number of ether oxygens (including phenoxy) is 5. The summed E-state index contributed by atoms with van der Waals surface area (Å²) in [6.45, 7) is 7.64. The van der Waals surface area contributed by atoms with Crippen LogP contribution in [0.25, 0.3) is 0 Å². The maximum Gasteiger partial charge on any atom is 0.0701 e. The van der Waals surface area contributed by atoms with Gasteiger partial charge in [0.25, 0.3) is 0 Å². The molecule has 0 aromatic rings. The maximum absolute atomic E-state index is 8.49. The molecule has 0 aliphatic rings. The number of rotatable bonds is 19. The fourth-order valence-electron chi connectivity index (χ4n) is 1.42. The molecule has 0 spiro atoms. The Labute approximate surface area is 133 Å². The van der Waals surface area contributed by atoms with Crippen molar-refractivity contribution in [2.45, 2.75) is 0 Å². The van der Waals surface area contributed by atoms with E-state index in [4.69, 9.17) is 34.5 Å². The van der Waals surface area contributed by atoms with Crippen molar-refractivity contribution in [3.8, 4) is 0 Å². The topological polar surface area (TPSA) is 104 Å². The van der Waals surface area contributed by atoms with Crippen molar-refractivity contribution < 1.29 is 28.8 Å². The molecule has 8 heteroatoms. The van der Waals surface area contributed by atoms with Crippen molar-refractivity contribution in [1.29, 1.82) is 0 Å². The van der Waals surface area contributed by atoms with Crippen LogP contribution in [-0.4, -0.2) is 97.4 Å². The summed E-state index contributed by atoms with van der Waals surface area (Å²) < 4.78 is 26.4. The van der Waals surface area contributed by atoms with Crippen molar-refractivity contribution in [3.63, 3.8) is 0 Å². The third-order valence-corrected chi connectivity index (χ3v) is 2.47. The van der Waals surface area contributed by atoms with Crippen LogP contribution in [0.5, 0.6) is 0 Å². The number of aliphatic hydroxyl groups is 1. The van der Waals surface area contributed by atoms with Crippen LogP contribution in [-0.2, 0) is 23.7 Å². The number of nitrogens with one attached hydrogen (secondary N) is 1. The fraction of sp³-hybridized carbons (Fsp3) is 1.00. The first-order valence-electron chi connectivity index (χ1n) is 7.82. The minimum atomic E-state index is 0.0410. The summed E-state index contributed by atoms with van der Waals surface area (Å²) in [6, 6.07) is 0. The van der Waals surface area contributed by atoms with Crippen LogP contribution in [0.1, 0.15) is 0 Å². The first kappa shape index (κ1) is 21.7. The summed E-state index contributed by atoms with van der Waals surface area (Å²) in [5.41, 5.74) is 5.34. The lowest BCUT2D eigenvalue weighted by Crippen LogP contribution is -2.26. The van der Waals surface area contributed by atoms with Gasteiger partial charge < -0.3 is 39.8 Å². The van der Waals surface area contributed by atoms with Crippen molar-refractivity contribution in [2.75, 3.05) is 92.3 Å². The van der Waals surface area contributed by atoms with Gasteiger partial charge in [-0.2, -0.15) is 0 Å². The third kappa shape index (κ3) is 19.7. The van der Waals surface area contributed by atoms with Crippen LogP contribution in [0, 0.1) is 0 Å². The van der Waals surface area contributed by atoms with Crippen LogP contribution in [0.4, 0.5) is 0 Å². The molecule has 0 atom stereocenters. The molecule has 0 radical (unpaired) electrons. The van der Waals surface area contributed by atoms with Gasteiger partial charge in [0.1, 0.15) is 0 Å². The minimum Gasteiger partial charge on any atom is -0.394 e. The summed E-state index contributed by atoms with van der Waals surface area (Å²) in [5.74, 6) is 0. The van der Waals surface area contributed by atoms with Gasteiger partial charge in [-0.3, -0.25) is 0 Å². The van der Waals surface area contributed by atoms with E-state index in [0.717, 1.165) is 13.1 Å². The molecular weight excluding hydrogens is 292 g/mol. The molecular formula is C14H32N2O6. The van der Waals surface area contributed by atoms with E-state index in [2.05, 4.69) is 5.32 Å². The Morgan fingerprint density at radius 1 is 0.591 bits per heavy atom. The summed E-state index contributed by atoms with van der Waals surface area (Å²) in [6.07, 6.45) is 0. The Bertz CT molecular complexity index is 180. The zero-order chi connectivity index (χ0) is 16.1. The van der Waals surface area contributed by atoms with Gasteiger partial charge in [0.2, 0.25) is 0 Å². The monoisotopic (exact) mass is 324 g/mol. The highest BCUT2D eigenvalue weighted by Gasteiger charge is 1.93. The molecule has 0 saturated carbocycles. The van der Waals surface area contributed by atoms with Crippen LogP contribution < -0.4 is 11.1 Å². The lowest BCUT2D eigenvalue weighted by Gasteiger charge is -2.08. The first-order valence-corrected chi connectivity index (χ1v) is 7.82. The van der Waals surface area contributed by atoms with E-state index < -0.39 is 0 Å². The van der Waals surface area contributed by atoms with Crippen LogP contribution in [0.15, 0.2) is 0 Å². The molecule has 0 bridgehead atoms. The van der Waals surface area contributed by atoms with Gasteiger partial charge in [-0.15, -0.1) is 0 Å². The predicted molar refractivity (Wildman–Crippen MR) is 83.1 cm³/mol. The van der Waals surface area contributed by atoms with Gasteiger partial charge in [-0.1, -0.05) is 0 Å². The standard InChI is InChI=1S/C14H32N2O6/c15-1-2-16-3-5-18-7-9-20-11-13-22-14-12-21-10-8-19-6-4-17/h16-17H,1-15H2. The predicted octanol–water partition coefficient (Wildman–Crippen LogP) is -1.39. The molecule has 4 N–H and O–H groups in total. The van der Waals surface area contributed by atoms with E-state index in [0.29, 0.717) is 72.6 Å². The second-order valence-electron chi connectivity index (χ2n) is 4.32. The molecule has 0 aromatic carbocycles. The largest absolute Gasteiger partial charge is 0.394 e. The second kappa shape index (κ2) is 20.7. The molecule has 0 aromatic heterocycles. The SMILES string of the molecule is NCCNCCOCCOCCOCCOCCOCCO. The Morgan fingerprint density at radius 3 is 1.41 bits per heavy atom. The van der Waals surface area contributed by atoms with Gasteiger partial charge in [0.15, 0.2) is 0 Å². The summed E-state index contributed by atoms with van der Waals surface area (Å²) in [7, 11) is 0. The molecule has 0 amide bonds. The van der Waals surface area contributed by atoms with Gasteiger partial charge in [-0.25, -0.2) is 0 Å². The highest BCUT2D eigenvalue weighted by molar-refractivity contribution is 4.45. The van der Waals surface area contributed by atoms with E-state index in [1.165, 1.54) is 0 Å². The average molecular weight is 324 g/mol. The molecule has 0 unspecified atom stereocenters. The second-order valence-corrected chi connectivity index (χ2v) is 4.32.